The van der Waals surface area contributed by atoms with Crippen LogP contribution in [0, 0.1) is 5.92 Å². The molecule has 1 rings (SSSR count). The fraction of sp³-hybridized carbons (Fsp3) is 0.857. The maximum atomic E-state index is 11.8. The molecule has 2 unspecified atom stereocenters. The van der Waals surface area contributed by atoms with Gasteiger partial charge < -0.3 is 14.8 Å². The Morgan fingerprint density at radius 2 is 2.13 bits per heavy atom. The first-order valence-electron chi connectivity index (χ1n) is 4.40. The lowest BCUT2D eigenvalue weighted by molar-refractivity contribution is -0.158. The summed E-state index contributed by atoms with van der Waals surface area (Å²) in [5.41, 5.74) is 5.55. The fourth-order valence-corrected chi connectivity index (χ4v) is 2.85. The van der Waals surface area contributed by atoms with E-state index in [1.165, 1.54) is 14.2 Å². The Labute approximate surface area is 87.6 Å². The number of amides is 1. The van der Waals surface area contributed by atoms with Gasteiger partial charge in [-0.2, -0.15) is 0 Å². The van der Waals surface area contributed by atoms with Crippen LogP contribution in [-0.2, 0) is 18.4 Å². The molecule has 0 aliphatic carbocycles. The van der Waals surface area contributed by atoms with E-state index in [1.54, 1.807) is 0 Å². The molecule has 1 aliphatic rings. The van der Waals surface area contributed by atoms with E-state index in [0.717, 1.165) is 0 Å². The third-order valence-corrected chi connectivity index (χ3v) is 4.50. The zero-order valence-corrected chi connectivity index (χ0v) is 9.52. The van der Waals surface area contributed by atoms with Crippen molar-refractivity contribution in [3.05, 3.63) is 0 Å². The molecule has 88 valence electrons. The normalized spacial score (nSPS) is 27.5. The zero-order valence-electron chi connectivity index (χ0n) is 8.62. The van der Waals surface area contributed by atoms with Gasteiger partial charge in [0.25, 0.3) is 5.91 Å². The number of nitrogens with zero attached hydrogens (tertiary/aromatic N) is 1. The first kappa shape index (κ1) is 12.6. The Morgan fingerprint density at radius 1 is 1.60 bits per heavy atom. The van der Waals surface area contributed by atoms with E-state index in [0.29, 0.717) is 5.06 Å². The minimum Gasteiger partial charge on any atom is -0.320 e. The molecule has 0 aromatic heterocycles. The lowest BCUT2D eigenvalue weighted by Crippen LogP contribution is -2.36. The number of hydrogen-bond acceptors (Lipinski definition) is 6. The largest absolute Gasteiger partial charge is 0.330 e. The molecule has 1 heterocycles. The second-order valence-electron chi connectivity index (χ2n) is 3.36. The van der Waals surface area contributed by atoms with Crippen molar-refractivity contribution in [3.63, 3.8) is 0 Å². The van der Waals surface area contributed by atoms with Gasteiger partial charge in [-0.15, -0.1) is 0 Å². The van der Waals surface area contributed by atoms with E-state index in [2.05, 4.69) is 0 Å². The number of rotatable bonds is 4. The van der Waals surface area contributed by atoms with Crippen molar-refractivity contribution in [2.75, 3.05) is 26.9 Å². The Bertz CT molecular complexity index is 289. The minimum atomic E-state index is -3.19. The van der Waals surface area contributed by atoms with Crippen molar-refractivity contribution in [1.82, 2.24) is 5.06 Å². The monoisotopic (exact) mass is 238 g/mol. The maximum Gasteiger partial charge on any atom is 0.330 e. The molecule has 15 heavy (non-hydrogen) atoms. The summed E-state index contributed by atoms with van der Waals surface area (Å²) in [5, 5.41) is 9.65. The molecule has 0 bridgehead atoms. The first-order valence-corrected chi connectivity index (χ1v) is 6.12. The summed E-state index contributed by atoms with van der Waals surface area (Å²) in [6.07, 6.45) is 0.0178. The molecule has 3 N–H and O–H groups in total. The number of carbonyl (C=O) groups is 1. The quantitative estimate of drug-likeness (QED) is 0.512. The molecule has 1 saturated heterocycles. The molecule has 0 aromatic rings. The van der Waals surface area contributed by atoms with Crippen molar-refractivity contribution < 1.29 is 23.6 Å². The molecule has 1 amide bonds. The second kappa shape index (κ2) is 4.59. The number of hydroxylamine groups is 2. The van der Waals surface area contributed by atoms with Crippen LogP contribution in [0.15, 0.2) is 0 Å². The summed E-state index contributed by atoms with van der Waals surface area (Å²) in [6.45, 7) is 0.0523. The highest BCUT2D eigenvalue weighted by molar-refractivity contribution is 7.53. The average molecular weight is 238 g/mol. The van der Waals surface area contributed by atoms with Crippen molar-refractivity contribution in [1.29, 1.82) is 0 Å². The molecule has 1 fully saturated rings. The second-order valence-corrected chi connectivity index (χ2v) is 5.68. The van der Waals surface area contributed by atoms with Crippen molar-refractivity contribution in [2.24, 2.45) is 11.7 Å². The van der Waals surface area contributed by atoms with Crippen LogP contribution in [-0.4, -0.2) is 49.1 Å². The standard InChI is InChI=1S/C7H15N2O5P/c1-13-15(12,14-2)4-5-3-9(11)7(10)6(5)8/h5-6,11H,3-4,8H2,1-2H3. The van der Waals surface area contributed by atoms with E-state index in [1.807, 2.05) is 0 Å². The van der Waals surface area contributed by atoms with Crippen LogP contribution >= 0.6 is 7.60 Å². The molecule has 7 nitrogen and oxygen atoms in total. The Balaban J connectivity index is 2.68. The van der Waals surface area contributed by atoms with Gasteiger partial charge in [-0.05, 0) is 0 Å². The summed E-state index contributed by atoms with van der Waals surface area (Å²) < 4.78 is 21.2. The molecule has 0 radical (unpaired) electrons. The van der Waals surface area contributed by atoms with Crippen molar-refractivity contribution in [3.8, 4) is 0 Å². The van der Waals surface area contributed by atoms with Crippen LogP contribution in [0.1, 0.15) is 0 Å². The Morgan fingerprint density at radius 3 is 2.47 bits per heavy atom. The highest BCUT2D eigenvalue weighted by atomic mass is 31.2. The Hall–Kier alpha value is -0.460. The Kier molecular flexibility index (Phi) is 3.86. The summed E-state index contributed by atoms with van der Waals surface area (Å²) in [4.78, 5) is 11.2. The fourth-order valence-electron chi connectivity index (χ4n) is 1.48. The number of hydrogen-bond donors (Lipinski definition) is 2. The molecular formula is C7H15N2O5P. The van der Waals surface area contributed by atoms with Crippen LogP contribution in [0.5, 0.6) is 0 Å². The SMILES string of the molecule is COP(=O)(CC1CN(O)C(=O)C1N)OC. The van der Waals surface area contributed by atoms with Gasteiger partial charge >= 0.3 is 7.60 Å². The van der Waals surface area contributed by atoms with E-state index >= 15 is 0 Å². The summed E-state index contributed by atoms with van der Waals surface area (Å²) >= 11 is 0. The van der Waals surface area contributed by atoms with Crippen molar-refractivity contribution in [2.45, 2.75) is 6.04 Å². The van der Waals surface area contributed by atoms with E-state index in [9.17, 15) is 9.36 Å². The van der Waals surface area contributed by atoms with Crippen LogP contribution in [0.25, 0.3) is 0 Å². The molecule has 0 spiro atoms. The van der Waals surface area contributed by atoms with E-state index in [4.69, 9.17) is 20.0 Å². The third kappa shape index (κ3) is 2.56. The smallest absolute Gasteiger partial charge is 0.320 e. The van der Waals surface area contributed by atoms with Crippen molar-refractivity contribution >= 4 is 13.5 Å². The molecule has 0 aromatic carbocycles. The average Bonchev–Trinajstić information content (AvgIpc) is 2.46. The van der Waals surface area contributed by atoms with Gasteiger partial charge in [0.1, 0.15) is 0 Å². The first-order chi connectivity index (χ1) is 6.93. The van der Waals surface area contributed by atoms with Gasteiger partial charge in [0, 0.05) is 20.1 Å². The molecular weight excluding hydrogens is 223 g/mol. The van der Waals surface area contributed by atoms with Gasteiger partial charge in [0.05, 0.1) is 18.7 Å². The minimum absolute atomic E-state index is 0.0178. The van der Waals surface area contributed by atoms with E-state index in [-0.39, 0.29) is 12.7 Å². The van der Waals surface area contributed by atoms with Gasteiger partial charge in [0.15, 0.2) is 0 Å². The molecule has 1 aliphatic heterocycles. The van der Waals surface area contributed by atoms with Gasteiger partial charge in [-0.3, -0.25) is 14.6 Å². The lowest BCUT2D eigenvalue weighted by atomic mass is 10.1. The highest BCUT2D eigenvalue weighted by Gasteiger charge is 2.41. The third-order valence-electron chi connectivity index (χ3n) is 2.47. The molecule has 2 atom stereocenters. The number of nitrogens with two attached hydrogens (primary N) is 1. The van der Waals surface area contributed by atoms with E-state index < -0.39 is 25.5 Å². The van der Waals surface area contributed by atoms with Crippen LogP contribution in [0.3, 0.4) is 0 Å². The maximum absolute atomic E-state index is 11.8. The van der Waals surface area contributed by atoms with Gasteiger partial charge in [-0.1, -0.05) is 0 Å². The van der Waals surface area contributed by atoms with Crippen LogP contribution < -0.4 is 5.73 Å². The number of carbonyl (C=O) groups excluding carboxylic acids is 1. The zero-order chi connectivity index (χ0) is 11.6. The summed E-state index contributed by atoms with van der Waals surface area (Å²) in [5.74, 6) is -0.994. The summed E-state index contributed by atoms with van der Waals surface area (Å²) in [7, 11) is -0.656. The molecule has 0 saturated carbocycles. The van der Waals surface area contributed by atoms with Crippen LogP contribution in [0.2, 0.25) is 0 Å². The highest BCUT2D eigenvalue weighted by Crippen LogP contribution is 2.49. The molecule has 8 heteroatoms. The predicted molar refractivity (Wildman–Crippen MR) is 51.5 cm³/mol. The van der Waals surface area contributed by atoms with Gasteiger partial charge in [-0.25, -0.2) is 5.06 Å². The van der Waals surface area contributed by atoms with Gasteiger partial charge in [0.2, 0.25) is 0 Å². The topological polar surface area (TPSA) is 102 Å². The predicted octanol–water partition coefficient (Wildman–Crippen LogP) is -0.353. The summed E-state index contributed by atoms with van der Waals surface area (Å²) in [6, 6.07) is -0.853. The lowest BCUT2D eigenvalue weighted by Gasteiger charge is -2.18. The van der Waals surface area contributed by atoms with Crippen LogP contribution in [0.4, 0.5) is 0 Å².